The number of hydrogen-bond acceptors (Lipinski definition) is 3. The molecule has 2 amide bonds. The Kier molecular flexibility index (Phi) is 4.99. The molecule has 24 heavy (non-hydrogen) atoms. The maximum absolute atomic E-state index is 12.4. The van der Waals surface area contributed by atoms with Crippen LogP contribution in [-0.2, 0) is 4.79 Å². The highest BCUT2D eigenvalue weighted by Crippen LogP contribution is 2.13. The van der Waals surface area contributed by atoms with Gasteiger partial charge in [-0.1, -0.05) is 0 Å². The normalized spacial score (nSPS) is 18.9. The van der Waals surface area contributed by atoms with E-state index in [1.807, 2.05) is 9.80 Å². The Morgan fingerprint density at radius 3 is 2.38 bits per heavy atom. The smallest absolute Gasteiger partial charge is 0.270 e. The highest BCUT2D eigenvalue weighted by Gasteiger charge is 2.25. The standard InChI is InChI=1S/C17H24N4O3/c1-13(22)20-8-6-19(7-9-20)12-16(23)14-10-15(18-11-14)17(24)21-4-2-3-5-21/h10-11,18H,2-9,12H2,1H3/p+1. The van der Waals surface area contributed by atoms with Crippen molar-refractivity contribution in [2.45, 2.75) is 19.8 Å². The Bertz CT molecular complexity index is 626. The zero-order chi connectivity index (χ0) is 17.1. The van der Waals surface area contributed by atoms with Crippen molar-refractivity contribution in [1.29, 1.82) is 0 Å². The van der Waals surface area contributed by atoms with E-state index in [9.17, 15) is 14.4 Å². The van der Waals surface area contributed by atoms with Crippen LogP contribution in [0.2, 0.25) is 0 Å². The number of piperazine rings is 1. The number of nitrogens with one attached hydrogen (secondary N) is 2. The van der Waals surface area contributed by atoms with Crippen LogP contribution in [0, 0.1) is 0 Å². The third-order valence-electron chi connectivity index (χ3n) is 4.96. The maximum Gasteiger partial charge on any atom is 0.270 e. The second-order valence-electron chi connectivity index (χ2n) is 6.66. The topological polar surface area (TPSA) is 77.9 Å². The summed E-state index contributed by atoms with van der Waals surface area (Å²) in [5.74, 6) is 0.114. The van der Waals surface area contributed by atoms with Crippen LogP contribution in [0.3, 0.4) is 0 Å². The number of quaternary nitrogens is 1. The van der Waals surface area contributed by atoms with Gasteiger partial charge in [-0.25, -0.2) is 0 Å². The fourth-order valence-corrected chi connectivity index (χ4v) is 3.41. The average molecular weight is 333 g/mol. The van der Waals surface area contributed by atoms with Crippen LogP contribution < -0.4 is 4.90 Å². The Morgan fingerprint density at radius 2 is 1.75 bits per heavy atom. The molecule has 0 radical (unpaired) electrons. The predicted octanol–water partition coefficient (Wildman–Crippen LogP) is -0.820. The van der Waals surface area contributed by atoms with Crippen molar-refractivity contribution >= 4 is 17.6 Å². The highest BCUT2D eigenvalue weighted by molar-refractivity contribution is 6.00. The van der Waals surface area contributed by atoms with Crippen LogP contribution in [0.15, 0.2) is 12.3 Å². The summed E-state index contributed by atoms with van der Waals surface area (Å²) in [6, 6.07) is 1.67. The molecule has 2 N–H and O–H groups in total. The lowest BCUT2D eigenvalue weighted by atomic mass is 10.2. The van der Waals surface area contributed by atoms with E-state index < -0.39 is 0 Å². The van der Waals surface area contributed by atoms with Crippen LogP contribution in [-0.4, -0.2) is 78.2 Å². The van der Waals surface area contributed by atoms with Gasteiger partial charge in [0.15, 0.2) is 0 Å². The van der Waals surface area contributed by atoms with E-state index in [4.69, 9.17) is 0 Å². The number of carbonyl (C=O) groups is 3. The summed E-state index contributed by atoms with van der Waals surface area (Å²) in [4.78, 5) is 43.9. The summed E-state index contributed by atoms with van der Waals surface area (Å²) in [6.07, 6.45) is 3.73. The molecule has 0 bridgehead atoms. The number of rotatable bonds is 4. The SMILES string of the molecule is CC(=O)N1CC[NH+](CC(=O)c2c[nH]c(C(=O)N3CCCC3)c2)CC1. The molecule has 2 aliphatic heterocycles. The van der Waals surface area contributed by atoms with Gasteiger partial charge in [0.25, 0.3) is 5.91 Å². The highest BCUT2D eigenvalue weighted by atomic mass is 16.2. The van der Waals surface area contributed by atoms with Crippen molar-refractivity contribution in [2.75, 3.05) is 45.8 Å². The molecule has 3 heterocycles. The van der Waals surface area contributed by atoms with Gasteiger partial charge >= 0.3 is 0 Å². The molecule has 0 atom stereocenters. The van der Waals surface area contributed by atoms with E-state index in [0.29, 0.717) is 30.9 Å². The summed E-state index contributed by atoms with van der Waals surface area (Å²) in [7, 11) is 0. The summed E-state index contributed by atoms with van der Waals surface area (Å²) in [5.41, 5.74) is 1.07. The van der Waals surface area contributed by atoms with Gasteiger partial charge in [0.05, 0.1) is 26.2 Å². The first kappa shape index (κ1) is 16.7. The molecule has 2 saturated heterocycles. The molecule has 7 heteroatoms. The molecule has 7 nitrogen and oxygen atoms in total. The fraction of sp³-hybridized carbons (Fsp3) is 0.588. The largest absolute Gasteiger partial charge is 0.356 e. The van der Waals surface area contributed by atoms with Gasteiger partial charge in [0.1, 0.15) is 12.2 Å². The quantitative estimate of drug-likeness (QED) is 0.707. The van der Waals surface area contributed by atoms with Gasteiger partial charge in [-0.15, -0.1) is 0 Å². The van der Waals surface area contributed by atoms with Gasteiger partial charge in [0.2, 0.25) is 11.7 Å². The minimum atomic E-state index is -0.0195. The van der Waals surface area contributed by atoms with E-state index in [-0.39, 0.29) is 17.6 Å². The zero-order valence-electron chi connectivity index (χ0n) is 14.1. The van der Waals surface area contributed by atoms with Crippen LogP contribution in [0.1, 0.15) is 40.6 Å². The van der Waals surface area contributed by atoms with Crippen molar-refractivity contribution in [3.8, 4) is 0 Å². The molecule has 0 spiro atoms. The summed E-state index contributed by atoms with van der Waals surface area (Å²) < 4.78 is 0. The number of ketones is 1. The lowest BCUT2D eigenvalue weighted by Crippen LogP contribution is -3.15. The molecule has 0 aromatic carbocycles. The maximum atomic E-state index is 12.4. The zero-order valence-corrected chi connectivity index (χ0v) is 14.1. The van der Waals surface area contributed by atoms with Crippen LogP contribution in [0.5, 0.6) is 0 Å². The summed E-state index contributed by atoms with van der Waals surface area (Å²) >= 11 is 0. The molecular weight excluding hydrogens is 308 g/mol. The van der Waals surface area contributed by atoms with E-state index in [1.54, 1.807) is 19.2 Å². The third kappa shape index (κ3) is 3.67. The number of amides is 2. The Balaban J connectivity index is 1.54. The molecule has 130 valence electrons. The Labute approximate surface area is 141 Å². The molecule has 3 rings (SSSR count). The summed E-state index contributed by atoms with van der Waals surface area (Å²) in [5, 5.41) is 0. The summed E-state index contributed by atoms with van der Waals surface area (Å²) in [6.45, 7) is 6.55. The Hall–Kier alpha value is -2.15. The lowest BCUT2D eigenvalue weighted by molar-refractivity contribution is -0.895. The fourth-order valence-electron chi connectivity index (χ4n) is 3.41. The average Bonchev–Trinajstić information content (AvgIpc) is 3.26. The molecule has 1 aromatic rings. The second-order valence-corrected chi connectivity index (χ2v) is 6.66. The van der Waals surface area contributed by atoms with E-state index in [1.165, 1.54) is 4.90 Å². The molecule has 1 aromatic heterocycles. The molecule has 0 aliphatic carbocycles. The molecular formula is C17H25N4O3+. The van der Waals surface area contributed by atoms with E-state index >= 15 is 0 Å². The first-order valence-electron chi connectivity index (χ1n) is 8.64. The number of nitrogens with zero attached hydrogens (tertiary/aromatic N) is 2. The van der Waals surface area contributed by atoms with Gasteiger partial charge in [0, 0.05) is 31.8 Å². The number of carbonyl (C=O) groups excluding carboxylic acids is 3. The van der Waals surface area contributed by atoms with Crippen molar-refractivity contribution in [2.24, 2.45) is 0 Å². The number of Topliss-reactive ketones (excluding diaryl/α,β-unsaturated/α-hetero) is 1. The lowest BCUT2D eigenvalue weighted by Gasteiger charge is -2.31. The first-order chi connectivity index (χ1) is 11.5. The van der Waals surface area contributed by atoms with E-state index in [0.717, 1.165) is 39.0 Å². The molecule has 2 fully saturated rings. The number of H-pyrrole nitrogens is 1. The van der Waals surface area contributed by atoms with Crippen molar-refractivity contribution in [3.05, 3.63) is 23.5 Å². The monoisotopic (exact) mass is 333 g/mol. The third-order valence-corrected chi connectivity index (χ3v) is 4.96. The van der Waals surface area contributed by atoms with Gasteiger partial charge < -0.3 is 19.7 Å². The number of aromatic amines is 1. The minimum Gasteiger partial charge on any atom is -0.356 e. The first-order valence-corrected chi connectivity index (χ1v) is 8.64. The van der Waals surface area contributed by atoms with Crippen molar-refractivity contribution < 1.29 is 19.3 Å². The van der Waals surface area contributed by atoms with Gasteiger partial charge in [-0.3, -0.25) is 14.4 Å². The Morgan fingerprint density at radius 1 is 1.08 bits per heavy atom. The number of hydrogen-bond donors (Lipinski definition) is 2. The molecule has 0 unspecified atom stereocenters. The predicted molar refractivity (Wildman–Crippen MR) is 88.1 cm³/mol. The van der Waals surface area contributed by atoms with Crippen molar-refractivity contribution in [1.82, 2.24) is 14.8 Å². The molecule has 0 saturated carbocycles. The van der Waals surface area contributed by atoms with Crippen LogP contribution in [0.4, 0.5) is 0 Å². The second kappa shape index (κ2) is 7.17. The van der Waals surface area contributed by atoms with Crippen LogP contribution in [0.25, 0.3) is 0 Å². The van der Waals surface area contributed by atoms with Gasteiger partial charge in [-0.2, -0.15) is 0 Å². The minimum absolute atomic E-state index is 0.0195. The van der Waals surface area contributed by atoms with Gasteiger partial charge in [-0.05, 0) is 18.9 Å². The molecule has 2 aliphatic rings. The van der Waals surface area contributed by atoms with E-state index in [2.05, 4.69) is 4.98 Å². The number of aromatic nitrogens is 1. The van der Waals surface area contributed by atoms with Crippen LogP contribution >= 0.6 is 0 Å². The van der Waals surface area contributed by atoms with Crippen molar-refractivity contribution in [3.63, 3.8) is 0 Å². The number of likely N-dealkylation sites (tertiary alicyclic amines) is 1.